The summed E-state index contributed by atoms with van der Waals surface area (Å²) in [6.07, 6.45) is 0. The summed E-state index contributed by atoms with van der Waals surface area (Å²) in [5.41, 5.74) is -0.394. The van der Waals surface area contributed by atoms with Crippen molar-refractivity contribution in [3.8, 4) is 5.75 Å². The summed E-state index contributed by atoms with van der Waals surface area (Å²) < 4.78 is 33.8. The normalized spacial score (nSPS) is 11.6. The predicted molar refractivity (Wildman–Crippen MR) is 107 cm³/mol. The van der Waals surface area contributed by atoms with E-state index in [4.69, 9.17) is 11.6 Å². The molecule has 3 aromatic rings. The van der Waals surface area contributed by atoms with Crippen molar-refractivity contribution < 1.29 is 30.8 Å². The summed E-state index contributed by atoms with van der Waals surface area (Å²) in [7, 11) is -4.78. The molecule has 3 rings (SSSR count). The molecule has 0 radical (unpaired) electrons. The number of nitrogens with zero attached hydrogens (tertiary/aromatic N) is 2. The van der Waals surface area contributed by atoms with Crippen LogP contribution in [0, 0.1) is 6.92 Å². The average Bonchev–Trinajstić information content (AvgIpc) is 2.62. The number of benzene rings is 3. The van der Waals surface area contributed by atoms with Crippen LogP contribution in [-0.2, 0) is 10.1 Å². The number of aromatic carboxylic acids is 1. The zero-order valence-corrected chi connectivity index (χ0v) is 20.0. The molecular weight excluding hydrogens is 495 g/mol. The van der Waals surface area contributed by atoms with Gasteiger partial charge in [-0.3, -0.25) is 0 Å². The van der Waals surface area contributed by atoms with Gasteiger partial charge in [-0.25, -0.2) is 13.2 Å². The Morgan fingerprint density at radius 3 is 2.45 bits per heavy atom. The van der Waals surface area contributed by atoms with E-state index in [0.717, 1.165) is 12.1 Å². The first kappa shape index (κ1) is 23.7. The summed E-state index contributed by atoms with van der Waals surface area (Å²) in [5, 5.41) is 30.3. The predicted octanol–water partition coefficient (Wildman–Crippen LogP) is 3.74. The van der Waals surface area contributed by atoms with E-state index >= 15 is 0 Å². The van der Waals surface area contributed by atoms with Crippen LogP contribution in [0.15, 0.2) is 57.6 Å². The monoisotopic (exact) mass is 508 g/mol. The maximum absolute atomic E-state index is 12.5. The molecule has 0 atom stereocenters. The Morgan fingerprint density at radius 1 is 1.17 bits per heavy atom. The molecule has 11 heteroatoms. The Bertz CT molecular complexity index is 1270. The molecule has 0 aromatic heterocycles. The summed E-state index contributed by atoms with van der Waals surface area (Å²) >= 11 is 5.96. The first-order valence-corrected chi connectivity index (χ1v) is 9.52. The van der Waals surface area contributed by atoms with Crippen LogP contribution in [0.2, 0.25) is 5.02 Å². The molecule has 0 amide bonds. The minimum atomic E-state index is -4.78. The van der Waals surface area contributed by atoms with Gasteiger partial charge in [0.2, 0.25) is 0 Å². The second-order valence-corrected chi connectivity index (χ2v) is 7.62. The molecule has 0 aliphatic heterocycles. The number of hydrogen-bond acceptors (Lipinski definition) is 7. The van der Waals surface area contributed by atoms with Crippen LogP contribution >= 0.6 is 11.6 Å². The molecule has 0 fully saturated rings. The van der Waals surface area contributed by atoms with Crippen molar-refractivity contribution in [3.05, 3.63) is 58.6 Å². The van der Waals surface area contributed by atoms with Crippen LogP contribution in [-0.4, -0.2) is 69.5 Å². The molecule has 29 heavy (non-hydrogen) atoms. The Morgan fingerprint density at radius 2 is 1.83 bits per heavy atom. The minimum absolute atomic E-state index is 0. The van der Waals surface area contributed by atoms with Crippen LogP contribution in [0.4, 0.5) is 11.4 Å². The van der Waals surface area contributed by atoms with E-state index in [9.17, 15) is 28.0 Å². The molecule has 148 valence electrons. The Balaban J connectivity index is 0.00000300. The Kier molecular flexibility index (Phi) is 7.44. The van der Waals surface area contributed by atoms with Gasteiger partial charge in [-0.2, -0.15) is 10.2 Å². The molecule has 0 aliphatic carbocycles. The zero-order valence-electron chi connectivity index (χ0n) is 16.9. The second-order valence-electron chi connectivity index (χ2n) is 5.83. The molecule has 1 N–H and O–H groups in total. The molecule has 0 aliphatic rings. The molecule has 8 nitrogen and oxygen atoms in total. The van der Waals surface area contributed by atoms with Gasteiger partial charge < -0.3 is 17.6 Å². The molecule has 0 bridgehead atoms. The van der Waals surface area contributed by atoms with Crippen LogP contribution in [0.3, 0.4) is 0 Å². The number of carboxylic acids is 1. The maximum atomic E-state index is 12.5. The number of hydrogen-bond donors (Lipinski definition) is 1. The number of azo groups is 1. The Labute approximate surface area is 210 Å². The van der Waals surface area contributed by atoms with Gasteiger partial charge in [0.25, 0.3) is 0 Å². The van der Waals surface area contributed by atoms with Gasteiger partial charge in [-0.15, -0.1) is 0 Å². The average molecular weight is 508 g/mol. The fourth-order valence-electron chi connectivity index (χ4n) is 2.56. The van der Waals surface area contributed by atoms with Crippen LogP contribution in [0.5, 0.6) is 5.75 Å². The fourth-order valence-corrected chi connectivity index (χ4v) is 3.36. The van der Waals surface area contributed by atoms with Crippen molar-refractivity contribution in [3.63, 3.8) is 0 Å². The van der Waals surface area contributed by atoms with E-state index in [0.29, 0.717) is 16.3 Å². The third-order valence-corrected chi connectivity index (χ3v) is 5.25. The first-order chi connectivity index (χ1) is 13.1. The topological polar surface area (TPSA) is 142 Å². The van der Waals surface area contributed by atoms with E-state index in [2.05, 4.69) is 10.2 Å². The SMILES string of the molecule is Cc1c(Cl)cc(S(=O)(=O)[O-])cc1N=Nc1c([O-])c(C(=O)O)cc2ccccc12.[H-].[H-].[Sr+2]. The summed E-state index contributed by atoms with van der Waals surface area (Å²) in [6.45, 7) is 1.53. The van der Waals surface area contributed by atoms with Crippen molar-refractivity contribution in [1.29, 1.82) is 0 Å². The second kappa shape index (κ2) is 9.09. The summed E-state index contributed by atoms with van der Waals surface area (Å²) in [6, 6.07) is 9.74. The van der Waals surface area contributed by atoms with E-state index in [-0.39, 0.29) is 64.7 Å². The third-order valence-electron chi connectivity index (χ3n) is 4.04. The molecule has 0 saturated carbocycles. The van der Waals surface area contributed by atoms with E-state index in [1.807, 2.05) is 0 Å². The van der Waals surface area contributed by atoms with E-state index < -0.39 is 32.3 Å². The van der Waals surface area contributed by atoms with Crippen molar-refractivity contribution in [1.82, 2.24) is 0 Å². The van der Waals surface area contributed by atoms with Crippen molar-refractivity contribution in [2.75, 3.05) is 0 Å². The maximum Gasteiger partial charge on any atom is 2.00 e. The molecule has 0 spiro atoms. The zero-order chi connectivity index (χ0) is 20.6. The summed E-state index contributed by atoms with van der Waals surface area (Å²) in [5.74, 6) is -2.25. The van der Waals surface area contributed by atoms with Gasteiger partial charge >= 0.3 is 51.5 Å². The van der Waals surface area contributed by atoms with Gasteiger partial charge in [0.1, 0.15) is 10.1 Å². The largest absolute Gasteiger partial charge is 2.00 e. The quantitative estimate of drug-likeness (QED) is 0.323. The number of rotatable bonds is 4. The molecule has 0 unspecified atom stereocenters. The van der Waals surface area contributed by atoms with E-state index in [1.54, 1.807) is 24.3 Å². The molecule has 0 heterocycles. The third kappa shape index (κ3) is 4.97. The van der Waals surface area contributed by atoms with Crippen molar-refractivity contribution in [2.45, 2.75) is 11.8 Å². The minimum Gasteiger partial charge on any atom is -1.00 e. The first-order valence-electron chi connectivity index (χ1n) is 7.73. The van der Waals surface area contributed by atoms with Crippen LogP contribution < -0.4 is 5.11 Å². The summed E-state index contributed by atoms with van der Waals surface area (Å²) in [4.78, 5) is 10.8. The van der Waals surface area contributed by atoms with Crippen molar-refractivity contribution >= 4 is 95.3 Å². The van der Waals surface area contributed by atoms with Gasteiger partial charge in [-0.1, -0.05) is 41.6 Å². The molecular formula is C18H13ClN2O6SSr-2. The van der Waals surface area contributed by atoms with Crippen LogP contribution in [0.25, 0.3) is 10.8 Å². The standard InChI is InChI=1S/C18H13ClN2O6S.Sr.2H/c1-9-14(19)7-11(28(25,26)27)8-15(9)20-21-16-12-5-3-2-4-10(12)6-13(17(16)22)18(23)24;;;/h2-8,22H,1H3,(H,23,24)(H,25,26,27);;;/q;+2;2*-1/p-2. The van der Waals surface area contributed by atoms with Gasteiger partial charge in [0.05, 0.1) is 21.8 Å². The number of halogens is 1. The van der Waals surface area contributed by atoms with Crippen molar-refractivity contribution in [2.24, 2.45) is 10.2 Å². The number of carboxylic acid groups (broad SMARTS) is 1. The number of carbonyl (C=O) groups is 1. The fraction of sp³-hybridized carbons (Fsp3) is 0.0556. The van der Waals surface area contributed by atoms with Gasteiger partial charge in [-0.05, 0) is 36.1 Å². The smallest absolute Gasteiger partial charge is 1.00 e. The molecule has 3 aromatic carbocycles. The van der Waals surface area contributed by atoms with E-state index in [1.165, 1.54) is 13.0 Å². The Hall–Kier alpha value is -1.53. The van der Waals surface area contributed by atoms with Gasteiger partial charge in [0.15, 0.2) is 0 Å². The molecule has 0 saturated heterocycles. The number of fused-ring (bicyclic) bond motifs is 1. The van der Waals surface area contributed by atoms with Crippen LogP contribution in [0.1, 0.15) is 18.8 Å². The van der Waals surface area contributed by atoms with Gasteiger partial charge in [0, 0.05) is 10.4 Å².